The van der Waals surface area contributed by atoms with E-state index in [4.69, 9.17) is 11.6 Å². The molecule has 1 rings (SSSR count). The number of nitrogens with zero attached hydrogens (tertiary/aromatic N) is 2. The molecule has 0 fully saturated rings. The topological polar surface area (TPSA) is 49.8 Å². The van der Waals surface area contributed by atoms with Gasteiger partial charge in [-0.25, -0.2) is 0 Å². The van der Waals surface area contributed by atoms with Gasteiger partial charge in [0.25, 0.3) is 0 Å². The largest absolute Gasteiger partial charge is 0.318 e. The summed E-state index contributed by atoms with van der Waals surface area (Å²) in [6, 6.07) is 3.60. The summed E-state index contributed by atoms with van der Waals surface area (Å²) < 4.78 is 0. The molecule has 1 aromatic heterocycles. The molecule has 0 aliphatic heterocycles. The van der Waals surface area contributed by atoms with Crippen molar-refractivity contribution < 1.29 is 0 Å². The maximum atomic E-state index is 5.59. The number of rotatable bonds is 5. The second-order valence-electron chi connectivity index (χ2n) is 2.63. The molecule has 13 heavy (non-hydrogen) atoms. The Labute approximate surface area is 82.7 Å². The molecule has 5 heteroatoms. The molecular weight excluding hydrogens is 188 g/mol. The quantitative estimate of drug-likeness (QED) is 0.678. The molecule has 0 spiro atoms. The van der Waals surface area contributed by atoms with Gasteiger partial charge in [0.1, 0.15) is 0 Å². The average molecular weight is 201 g/mol. The van der Waals surface area contributed by atoms with Gasteiger partial charge >= 0.3 is 0 Å². The first-order chi connectivity index (χ1) is 6.33. The highest BCUT2D eigenvalue weighted by Gasteiger charge is 1.94. The van der Waals surface area contributed by atoms with Crippen LogP contribution >= 0.6 is 11.6 Å². The van der Waals surface area contributed by atoms with Crippen LogP contribution in [0.2, 0.25) is 5.15 Å². The fraction of sp³-hybridized carbons (Fsp3) is 0.500. The summed E-state index contributed by atoms with van der Waals surface area (Å²) in [7, 11) is 1.92. The molecule has 0 aliphatic carbocycles. The molecule has 0 radical (unpaired) electrons. The van der Waals surface area contributed by atoms with Crippen molar-refractivity contribution in [2.75, 3.05) is 20.1 Å². The van der Waals surface area contributed by atoms with Gasteiger partial charge in [0.2, 0.25) is 0 Å². The second kappa shape index (κ2) is 5.85. The average Bonchev–Trinajstić information content (AvgIpc) is 2.15. The first-order valence-corrected chi connectivity index (χ1v) is 4.54. The Kier molecular flexibility index (Phi) is 4.67. The van der Waals surface area contributed by atoms with E-state index in [1.165, 1.54) is 0 Å². The number of aromatic nitrogens is 2. The predicted molar refractivity (Wildman–Crippen MR) is 52.7 cm³/mol. The van der Waals surface area contributed by atoms with E-state index in [1.807, 2.05) is 13.1 Å². The molecule has 0 amide bonds. The fourth-order valence-corrected chi connectivity index (χ4v) is 0.969. The zero-order chi connectivity index (χ0) is 9.52. The first kappa shape index (κ1) is 10.4. The van der Waals surface area contributed by atoms with Crippen LogP contribution in [0.1, 0.15) is 5.69 Å². The van der Waals surface area contributed by atoms with Crippen molar-refractivity contribution in [2.45, 2.75) is 6.54 Å². The van der Waals surface area contributed by atoms with Crippen molar-refractivity contribution in [1.82, 2.24) is 20.8 Å². The van der Waals surface area contributed by atoms with Gasteiger partial charge in [0.05, 0.1) is 5.69 Å². The number of hydrogen-bond donors (Lipinski definition) is 2. The van der Waals surface area contributed by atoms with Gasteiger partial charge in [-0.05, 0) is 19.2 Å². The smallest absolute Gasteiger partial charge is 0.151 e. The highest BCUT2D eigenvalue weighted by atomic mass is 35.5. The normalized spacial score (nSPS) is 10.3. The summed E-state index contributed by atoms with van der Waals surface area (Å²) in [5.41, 5.74) is 0.903. The van der Waals surface area contributed by atoms with Crippen molar-refractivity contribution in [3.63, 3.8) is 0 Å². The standard InChI is InChI=1S/C8H13ClN4/c1-10-4-5-11-6-7-2-3-8(9)13-12-7/h2-3,10-11H,4-6H2,1H3. The summed E-state index contributed by atoms with van der Waals surface area (Å²) in [5, 5.41) is 14.3. The predicted octanol–water partition coefficient (Wildman–Crippen LogP) is 0.439. The Hall–Kier alpha value is -0.710. The molecule has 0 atom stereocenters. The third kappa shape index (κ3) is 4.17. The van der Waals surface area contributed by atoms with Gasteiger partial charge in [0.15, 0.2) is 5.15 Å². The first-order valence-electron chi connectivity index (χ1n) is 4.16. The maximum Gasteiger partial charge on any atom is 0.151 e. The second-order valence-corrected chi connectivity index (χ2v) is 3.01. The Morgan fingerprint density at radius 1 is 1.31 bits per heavy atom. The lowest BCUT2D eigenvalue weighted by Gasteiger charge is -2.02. The summed E-state index contributed by atoms with van der Waals surface area (Å²) in [5.74, 6) is 0. The van der Waals surface area contributed by atoms with Crippen LogP contribution in [0.15, 0.2) is 12.1 Å². The third-order valence-corrected chi connectivity index (χ3v) is 1.75. The molecule has 4 nitrogen and oxygen atoms in total. The van der Waals surface area contributed by atoms with Gasteiger partial charge in [-0.15, -0.1) is 5.10 Å². The third-order valence-electron chi connectivity index (χ3n) is 1.55. The van der Waals surface area contributed by atoms with E-state index in [1.54, 1.807) is 6.07 Å². The highest BCUT2D eigenvalue weighted by Crippen LogP contribution is 2.01. The SMILES string of the molecule is CNCCNCc1ccc(Cl)nn1. The summed E-state index contributed by atoms with van der Waals surface area (Å²) >= 11 is 5.59. The fourth-order valence-electron chi connectivity index (χ4n) is 0.868. The van der Waals surface area contributed by atoms with E-state index in [0.717, 1.165) is 25.3 Å². The molecule has 0 saturated heterocycles. The minimum atomic E-state index is 0.430. The Morgan fingerprint density at radius 3 is 2.77 bits per heavy atom. The summed E-state index contributed by atoms with van der Waals surface area (Å²) in [4.78, 5) is 0. The van der Waals surface area contributed by atoms with E-state index in [9.17, 15) is 0 Å². The highest BCUT2D eigenvalue weighted by molar-refractivity contribution is 6.29. The van der Waals surface area contributed by atoms with Crippen molar-refractivity contribution in [1.29, 1.82) is 0 Å². The lowest BCUT2D eigenvalue weighted by Crippen LogP contribution is -2.24. The maximum absolute atomic E-state index is 5.59. The van der Waals surface area contributed by atoms with E-state index in [-0.39, 0.29) is 0 Å². The van der Waals surface area contributed by atoms with Crippen LogP contribution in [-0.4, -0.2) is 30.3 Å². The van der Waals surface area contributed by atoms with Gasteiger partial charge in [-0.1, -0.05) is 11.6 Å². The lowest BCUT2D eigenvalue weighted by atomic mass is 10.4. The van der Waals surface area contributed by atoms with Gasteiger partial charge in [0, 0.05) is 19.6 Å². The van der Waals surface area contributed by atoms with Crippen LogP contribution in [0.4, 0.5) is 0 Å². The molecule has 0 unspecified atom stereocenters. The van der Waals surface area contributed by atoms with E-state index in [2.05, 4.69) is 20.8 Å². The zero-order valence-electron chi connectivity index (χ0n) is 7.55. The molecule has 72 valence electrons. The van der Waals surface area contributed by atoms with E-state index >= 15 is 0 Å². The van der Waals surface area contributed by atoms with Crippen molar-refractivity contribution in [2.24, 2.45) is 0 Å². The van der Waals surface area contributed by atoms with Gasteiger partial charge in [-0.3, -0.25) is 0 Å². The zero-order valence-corrected chi connectivity index (χ0v) is 8.30. The van der Waals surface area contributed by atoms with E-state index < -0.39 is 0 Å². The van der Waals surface area contributed by atoms with Crippen LogP contribution in [0, 0.1) is 0 Å². The van der Waals surface area contributed by atoms with Gasteiger partial charge in [-0.2, -0.15) is 5.10 Å². The summed E-state index contributed by atoms with van der Waals surface area (Å²) in [6.07, 6.45) is 0. The number of halogens is 1. The van der Waals surface area contributed by atoms with Crippen LogP contribution in [0.5, 0.6) is 0 Å². The number of nitrogens with one attached hydrogen (secondary N) is 2. The summed E-state index contributed by atoms with van der Waals surface area (Å²) in [6.45, 7) is 2.59. The molecule has 1 heterocycles. The molecule has 0 saturated carbocycles. The Balaban J connectivity index is 2.25. The monoisotopic (exact) mass is 200 g/mol. The van der Waals surface area contributed by atoms with Crippen LogP contribution in [-0.2, 0) is 6.54 Å². The minimum Gasteiger partial charge on any atom is -0.318 e. The number of likely N-dealkylation sites (N-methyl/N-ethyl adjacent to an activating group) is 1. The Morgan fingerprint density at radius 2 is 2.15 bits per heavy atom. The van der Waals surface area contributed by atoms with Gasteiger partial charge < -0.3 is 10.6 Å². The minimum absolute atomic E-state index is 0.430. The van der Waals surface area contributed by atoms with Crippen LogP contribution < -0.4 is 10.6 Å². The molecular formula is C8H13ClN4. The van der Waals surface area contributed by atoms with Crippen molar-refractivity contribution in [3.05, 3.63) is 23.0 Å². The molecule has 1 aromatic rings. The van der Waals surface area contributed by atoms with Crippen molar-refractivity contribution in [3.8, 4) is 0 Å². The van der Waals surface area contributed by atoms with Crippen molar-refractivity contribution >= 4 is 11.6 Å². The van der Waals surface area contributed by atoms with E-state index in [0.29, 0.717) is 5.15 Å². The van der Waals surface area contributed by atoms with Crippen LogP contribution in [0.25, 0.3) is 0 Å². The Bertz CT molecular complexity index is 236. The number of hydrogen-bond acceptors (Lipinski definition) is 4. The molecule has 2 N–H and O–H groups in total. The molecule has 0 aliphatic rings. The lowest BCUT2D eigenvalue weighted by molar-refractivity contribution is 0.637. The molecule has 0 bridgehead atoms. The van der Waals surface area contributed by atoms with Crippen LogP contribution in [0.3, 0.4) is 0 Å². The molecule has 0 aromatic carbocycles.